The standard InChI is InChI=1S/C13H12BrClS/c1-9-4-5-10(15)7-12(9)13(14)8-11-3-2-6-16-11/h2-7,13H,8H2,1H3. The molecule has 0 aliphatic heterocycles. The molecular weight excluding hydrogens is 304 g/mol. The van der Waals surface area contributed by atoms with E-state index in [2.05, 4.69) is 46.4 Å². The zero-order chi connectivity index (χ0) is 11.5. The van der Waals surface area contributed by atoms with E-state index in [0.717, 1.165) is 11.4 Å². The molecule has 1 atom stereocenters. The fourth-order valence-corrected chi connectivity index (χ4v) is 3.65. The number of alkyl halides is 1. The lowest BCUT2D eigenvalue weighted by atomic mass is 10.0. The van der Waals surface area contributed by atoms with Gasteiger partial charge in [-0.25, -0.2) is 0 Å². The van der Waals surface area contributed by atoms with Crippen molar-refractivity contribution >= 4 is 38.9 Å². The largest absolute Gasteiger partial charge is 0.149 e. The number of aryl methyl sites for hydroxylation is 1. The van der Waals surface area contributed by atoms with E-state index in [1.54, 1.807) is 11.3 Å². The Labute approximate surface area is 113 Å². The van der Waals surface area contributed by atoms with Gasteiger partial charge in [0.25, 0.3) is 0 Å². The number of thiophene rings is 1. The van der Waals surface area contributed by atoms with Crippen LogP contribution in [0.25, 0.3) is 0 Å². The van der Waals surface area contributed by atoms with Gasteiger partial charge in [0.05, 0.1) is 0 Å². The summed E-state index contributed by atoms with van der Waals surface area (Å²) < 4.78 is 0. The van der Waals surface area contributed by atoms with Crippen LogP contribution in [0.15, 0.2) is 35.7 Å². The van der Waals surface area contributed by atoms with Crippen molar-refractivity contribution in [2.24, 2.45) is 0 Å². The molecule has 1 heterocycles. The van der Waals surface area contributed by atoms with Gasteiger partial charge in [0.15, 0.2) is 0 Å². The van der Waals surface area contributed by atoms with Gasteiger partial charge in [-0.15, -0.1) is 11.3 Å². The Balaban J connectivity index is 2.20. The van der Waals surface area contributed by atoms with E-state index in [4.69, 9.17) is 11.6 Å². The molecule has 0 N–H and O–H groups in total. The number of benzene rings is 1. The van der Waals surface area contributed by atoms with Gasteiger partial charge < -0.3 is 0 Å². The van der Waals surface area contributed by atoms with Crippen molar-refractivity contribution in [1.29, 1.82) is 0 Å². The quantitative estimate of drug-likeness (QED) is 0.666. The summed E-state index contributed by atoms with van der Waals surface area (Å²) in [6, 6.07) is 10.3. The Morgan fingerprint density at radius 2 is 2.19 bits per heavy atom. The van der Waals surface area contributed by atoms with E-state index in [-0.39, 0.29) is 0 Å². The lowest BCUT2D eigenvalue weighted by Gasteiger charge is -2.12. The maximum Gasteiger partial charge on any atom is 0.0446 e. The monoisotopic (exact) mass is 314 g/mol. The van der Waals surface area contributed by atoms with Crippen LogP contribution < -0.4 is 0 Å². The van der Waals surface area contributed by atoms with Gasteiger partial charge in [-0.3, -0.25) is 0 Å². The second-order valence-corrected chi connectivity index (χ2v) is 6.33. The highest BCUT2D eigenvalue weighted by atomic mass is 79.9. The molecule has 2 rings (SSSR count). The van der Waals surface area contributed by atoms with E-state index >= 15 is 0 Å². The predicted octanol–water partition coefficient (Wildman–Crippen LogP) is 5.39. The molecule has 0 amide bonds. The Hall–Kier alpha value is -0.310. The maximum atomic E-state index is 6.02. The first-order valence-electron chi connectivity index (χ1n) is 5.09. The molecule has 1 aromatic heterocycles. The fourth-order valence-electron chi connectivity index (χ4n) is 1.66. The number of rotatable bonds is 3. The van der Waals surface area contributed by atoms with Crippen LogP contribution in [0.1, 0.15) is 20.8 Å². The minimum atomic E-state index is 0.338. The summed E-state index contributed by atoms with van der Waals surface area (Å²) in [6.07, 6.45) is 1.01. The predicted molar refractivity (Wildman–Crippen MR) is 75.9 cm³/mol. The summed E-state index contributed by atoms with van der Waals surface area (Å²) in [4.78, 5) is 1.73. The molecule has 84 valence electrons. The van der Waals surface area contributed by atoms with Crippen LogP contribution in [0.3, 0.4) is 0 Å². The van der Waals surface area contributed by atoms with Crippen molar-refractivity contribution in [1.82, 2.24) is 0 Å². The molecule has 0 aliphatic carbocycles. The average molecular weight is 316 g/mol. The highest BCUT2D eigenvalue weighted by Gasteiger charge is 2.12. The van der Waals surface area contributed by atoms with Gasteiger partial charge in [0.2, 0.25) is 0 Å². The average Bonchev–Trinajstić information content (AvgIpc) is 2.74. The Morgan fingerprint density at radius 3 is 2.88 bits per heavy atom. The second kappa shape index (κ2) is 5.35. The first kappa shape index (κ1) is 12.2. The molecule has 3 heteroatoms. The van der Waals surface area contributed by atoms with Crippen LogP contribution in [0.5, 0.6) is 0 Å². The third-order valence-corrected chi connectivity index (χ3v) is 4.49. The summed E-state index contributed by atoms with van der Waals surface area (Å²) in [5.41, 5.74) is 2.56. The summed E-state index contributed by atoms with van der Waals surface area (Å²) in [5.74, 6) is 0. The topological polar surface area (TPSA) is 0 Å². The van der Waals surface area contributed by atoms with Gasteiger partial charge in [0.1, 0.15) is 0 Å². The third-order valence-electron chi connectivity index (χ3n) is 2.54. The van der Waals surface area contributed by atoms with Crippen molar-refractivity contribution in [3.8, 4) is 0 Å². The first-order chi connectivity index (χ1) is 7.66. The van der Waals surface area contributed by atoms with Gasteiger partial charge in [-0.05, 0) is 48.1 Å². The zero-order valence-corrected chi connectivity index (χ0v) is 12.1. The number of hydrogen-bond donors (Lipinski definition) is 0. The molecule has 0 saturated heterocycles. The van der Waals surface area contributed by atoms with Crippen LogP contribution in [-0.2, 0) is 6.42 Å². The normalized spacial score (nSPS) is 12.7. The van der Waals surface area contributed by atoms with Gasteiger partial charge in [-0.2, -0.15) is 0 Å². The Kier molecular flexibility index (Phi) is 4.06. The highest BCUT2D eigenvalue weighted by Crippen LogP contribution is 2.32. The minimum Gasteiger partial charge on any atom is -0.149 e. The summed E-state index contributed by atoms with van der Waals surface area (Å²) in [6.45, 7) is 2.12. The van der Waals surface area contributed by atoms with E-state index < -0.39 is 0 Å². The molecule has 2 aromatic rings. The maximum absolute atomic E-state index is 6.02. The van der Waals surface area contributed by atoms with Crippen molar-refractivity contribution < 1.29 is 0 Å². The third kappa shape index (κ3) is 2.88. The first-order valence-corrected chi connectivity index (χ1v) is 7.26. The van der Waals surface area contributed by atoms with Crippen molar-refractivity contribution in [2.75, 3.05) is 0 Å². The number of halogens is 2. The van der Waals surface area contributed by atoms with Crippen LogP contribution in [0, 0.1) is 6.92 Å². The van der Waals surface area contributed by atoms with Crippen LogP contribution in [0.2, 0.25) is 5.02 Å². The van der Waals surface area contributed by atoms with E-state index in [9.17, 15) is 0 Å². The number of hydrogen-bond acceptors (Lipinski definition) is 1. The van der Waals surface area contributed by atoms with E-state index in [0.29, 0.717) is 4.83 Å². The Bertz CT molecular complexity index is 465. The molecule has 0 saturated carbocycles. The molecule has 0 radical (unpaired) electrons. The summed E-state index contributed by atoms with van der Waals surface area (Å²) in [5, 5.41) is 2.91. The molecule has 0 spiro atoms. The highest BCUT2D eigenvalue weighted by molar-refractivity contribution is 9.09. The molecule has 0 fully saturated rings. The van der Waals surface area contributed by atoms with Crippen LogP contribution in [-0.4, -0.2) is 0 Å². The van der Waals surface area contributed by atoms with Gasteiger partial charge in [0, 0.05) is 14.7 Å². The summed E-state index contributed by atoms with van der Waals surface area (Å²) in [7, 11) is 0. The fraction of sp³-hybridized carbons (Fsp3) is 0.231. The van der Waals surface area contributed by atoms with Crippen LogP contribution in [0.4, 0.5) is 0 Å². The molecule has 0 nitrogen and oxygen atoms in total. The van der Waals surface area contributed by atoms with Crippen molar-refractivity contribution in [2.45, 2.75) is 18.2 Å². The second-order valence-electron chi connectivity index (χ2n) is 3.75. The molecule has 1 aromatic carbocycles. The van der Waals surface area contributed by atoms with Gasteiger partial charge in [-0.1, -0.05) is 39.7 Å². The zero-order valence-electron chi connectivity index (χ0n) is 8.91. The summed E-state index contributed by atoms with van der Waals surface area (Å²) >= 11 is 11.6. The van der Waals surface area contributed by atoms with E-state index in [1.165, 1.54) is 16.0 Å². The smallest absolute Gasteiger partial charge is 0.0446 e. The Morgan fingerprint density at radius 1 is 1.38 bits per heavy atom. The lowest BCUT2D eigenvalue weighted by molar-refractivity contribution is 0.957. The van der Waals surface area contributed by atoms with Gasteiger partial charge >= 0.3 is 0 Å². The SMILES string of the molecule is Cc1ccc(Cl)cc1C(Br)Cc1cccs1. The molecule has 1 unspecified atom stereocenters. The minimum absolute atomic E-state index is 0.338. The lowest BCUT2D eigenvalue weighted by Crippen LogP contribution is -1.96. The van der Waals surface area contributed by atoms with Crippen LogP contribution >= 0.6 is 38.9 Å². The molecule has 16 heavy (non-hydrogen) atoms. The molecule has 0 bridgehead atoms. The van der Waals surface area contributed by atoms with Crippen molar-refractivity contribution in [3.63, 3.8) is 0 Å². The molecule has 0 aliphatic rings. The molecular formula is C13H12BrClS. The van der Waals surface area contributed by atoms with E-state index in [1.807, 2.05) is 12.1 Å². The van der Waals surface area contributed by atoms with Crippen molar-refractivity contribution in [3.05, 3.63) is 56.7 Å².